The Hall–Kier alpha value is -1.36. The molecular formula is C7H4FN. The topological polar surface area (TPSA) is 23.8 Å². The molecule has 1 aromatic carbocycles. The second kappa shape index (κ2) is 2.27. The van der Waals surface area contributed by atoms with E-state index in [1.165, 1.54) is 24.3 Å². The molecule has 0 heterocycles. The monoisotopic (exact) mass is 127 g/mol. The average molecular weight is 127 g/mol. The lowest BCUT2D eigenvalue weighted by Gasteiger charge is -1.84. The van der Waals surface area contributed by atoms with Crippen LogP contribution in [0, 0.1) is 17.1 Å². The van der Waals surface area contributed by atoms with Crippen molar-refractivity contribution in [2.45, 2.75) is 0 Å². The van der Waals surface area contributed by atoms with Gasteiger partial charge in [-0.3, -0.25) is 0 Å². The number of hydrogen-bond acceptors (Lipinski definition) is 1. The number of rotatable bonds is 0. The van der Waals surface area contributed by atoms with Crippen molar-refractivity contribution in [2.24, 2.45) is 0 Å². The number of benzene rings is 1. The van der Waals surface area contributed by atoms with Gasteiger partial charge in [-0.15, -0.1) is 0 Å². The molecule has 0 atom stereocenters. The summed E-state index contributed by atoms with van der Waals surface area (Å²) in [6, 6.07) is 7.29. The average Bonchev–Trinajstić information content (AvgIpc) is 1.90. The minimum Gasteiger partial charge on any atom is -0.207 e. The van der Waals surface area contributed by atoms with Crippen LogP contribution in [0.25, 0.3) is 0 Å². The molecule has 1 nitrogen and oxygen atoms in total. The number of nitriles is 1. The lowest BCUT2D eigenvalue weighted by atomic mass is 11.0. The van der Waals surface area contributed by atoms with Gasteiger partial charge in [0.15, 0.2) is 0 Å². The number of nitrogens with zero attached hydrogens (tertiary/aromatic N) is 1. The standard InChI is InChI=1S/C7H4FN/c8-7-3-1-6(5-9)2-4-7/h1-4H/i1+1,2+1,3+1,4+1,6+1,7+1. The summed E-state index contributed by atoms with van der Waals surface area (Å²) in [5.41, 5.74) is 0.483. The van der Waals surface area contributed by atoms with Crippen LogP contribution in [0.4, 0.5) is 4.39 Å². The highest BCUT2D eigenvalue weighted by Gasteiger charge is 1.87. The minimum absolute atomic E-state index is 0.311. The highest BCUT2D eigenvalue weighted by Crippen LogP contribution is 1.99. The highest BCUT2D eigenvalue weighted by molar-refractivity contribution is 5.28. The van der Waals surface area contributed by atoms with Gasteiger partial charge in [0.2, 0.25) is 0 Å². The molecule has 0 radical (unpaired) electrons. The fourth-order valence-electron chi connectivity index (χ4n) is 0.524. The molecule has 0 aliphatic heterocycles. The van der Waals surface area contributed by atoms with Gasteiger partial charge in [0.25, 0.3) is 0 Å². The molecule has 2 heteroatoms. The van der Waals surface area contributed by atoms with Gasteiger partial charge in [0.05, 0.1) is 11.6 Å². The van der Waals surface area contributed by atoms with Gasteiger partial charge in [-0.1, -0.05) is 0 Å². The van der Waals surface area contributed by atoms with E-state index in [1.54, 1.807) is 0 Å². The van der Waals surface area contributed by atoms with Crippen molar-refractivity contribution in [3.05, 3.63) is 35.6 Å². The van der Waals surface area contributed by atoms with Gasteiger partial charge >= 0.3 is 0 Å². The highest BCUT2D eigenvalue weighted by atomic mass is 19.2. The van der Waals surface area contributed by atoms with Crippen molar-refractivity contribution in [1.82, 2.24) is 0 Å². The first-order valence-electron chi connectivity index (χ1n) is 2.48. The summed E-state index contributed by atoms with van der Waals surface area (Å²) in [7, 11) is 0. The lowest BCUT2D eigenvalue weighted by Crippen LogP contribution is -1.73. The SMILES string of the molecule is N#C[13c]1[13cH][13cH][13c](F)[13cH][13cH]1. The smallest absolute Gasteiger partial charge is 0.123 e. The number of hydrogen-bond donors (Lipinski definition) is 0. The minimum atomic E-state index is -0.311. The second-order valence-corrected chi connectivity index (χ2v) is 1.62. The van der Waals surface area contributed by atoms with Crippen LogP contribution >= 0.6 is 0 Å². The lowest BCUT2D eigenvalue weighted by molar-refractivity contribution is 0.627. The molecule has 0 aliphatic rings. The predicted octanol–water partition coefficient (Wildman–Crippen LogP) is 1.70. The Morgan fingerprint density at radius 1 is 1.22 bits per heavy atom. The van der Waals surface area contributed by atoms with Gasteiger partial charge in [-0.05, 0) is 24.3 Å². The van der Waals surface area contributed by atoms with Gasteiger partial charge in [0.1, 0.15) is 5.82 Å². The molecule has 0 bridgehead atoms. The van der Waals surface area contributed by atoms with Crippen molar-refractivity contribution in [3.63, 3.8) is 0 Å². The van der Waals surface area contributed by atoms with Crippen LogP contribution in [0.1, 0.15) is 5.56 Å². The van der Waals surface area contributed by atoms with E-state index in [4.69, 9.17) is 5.26 Å². The first-order valence-corrected chi connectivity index (χ1v) is 2.48. The maximum atomic E-state index is 12.1. The summed E-state index contributed by atoms with van der Waals surface area (Å²) in [5.74, 6) is -0.311. The molecule has 9 heavy (non-hydrogen) atoms. The molecule has 1 aromatic rings. The molecule has 0 amide bonds. The molecule has 0 saturated heterocycles. The van der Waals surface area contributed by atoms with Crippen molar-refractivity contribution in [1.29, 1.82) is 5.26 Å². The maximum Gasteiger partial charge on any atom is 0.123 e. The van der Waals surface area contributed by atoms with Crippen molar-refractivity contribution in [3.8, 4) is 6.07 Å². The van der Waals surface area contributed by atoms with Crippen LogP contribution in [0.2, 0.25) is 0 Å². The van der Waals surface area contributed by atoms with Crippen molar-refractivity contribution >= 4 is 0 Å². The molecule has 44 valence electrons. The van der Waals surface area contributed by atoms with Gasteiger partial charge in [-0.2, -0.15) is 5.26 Å². The van der Waals surface area contributed by atoms with E-state index in [-0.39, 0.29) is 5.82 Å². The Bertz CT molecular complexity index is 232. The van der Waals surface area contributed by atoms with E-state index in [0.717, 1.165) is 0 Å². The zero-order valence-electron chi connectivity index (χ0n) is 4.63. The summed E-state index contributed by atoms with van der Waals surface area (Å²) in [6.07, 6.45) is 0. The van der Waals surface area contributed by atoms with E-state index in [1.807, 2.05) is 6.07 Å². The quantitative estimate of drug-likeness (QED) is 0.520. The third-order valence-corrected chi connectivity index (χ3v) is 0.973. The fraction of sp³-hybridized carbons (Fsp3) is 0. The van der Waals surface area contributed by atoms with Gasteiger partial charge < -0.3 is 0 Å². The molecule has 1 rings (SSSR count). The molecule has 0 unspecified atom stereocenters. The van der Waals surface area contributed by atoms with Crippen LogP contribution < -0.4 is 0 Å². The Morgan fingerprint density at radius 3 is 2.22 bits per heavy atom. The van der Waals surface area contributed by atoms with E-state index in [9.17, 15) is 4.39 Å². The summed E-state index contributed by atoms with van der Waals surface area (Å²) in [4.78, 5) is 0. The summed E-state index contributed by atoms with van der Waals surface area (Å²) >= 11 is 0. The molecule has 0 saturated carbocycles. The Morgan fingerprint density at radius 2 is 1.78 bits per heavy atom. The third kappa shape index (κ3) is 1.26. The second-order valence-electron chi connectivity index (χ2n) is 1.62. The van der Waals surface area contributed by atoms with E-state index >= 15 is 0 Å². The van der Waals surface area contributed by atoms with Crippen LogP contribution in [0.3, 0.4) is 0 Å². The fourth-order valence-corrected chi connectivity index (χ4v) is 0.524. The van der Waals surface area contributed by atoms with E-state index in [0.29, 0.717) is 5.56 Å². The Kier molecular flexibility index (Phi) is 1.46. The number of halogens is 1. The van der Waals surface area contributed by atoms with Crippen molar-refractivity contribution < 1.29 is 4.39 Å². The predicted molar refractivity (Wildman–Crippen MR) is 31.1 cm³/mol. The zero-order valence-corrected chi connectivity index (χ0v) is 4.63. The maximum absolute atomic E-state index is 12.1. The molecule has 0 spiro atoms. The molecule has 0 fully saturated rings. The first-order chi connectivity index (χ1) is 4.33. The van der Waals surface area contributed by atoms with E-state index < -0.39 is 0 Å². The summed E-state index contributed by atoms with van der Waals surface area (Å²) < 4.78 is 12.1. The third-order valence-electron chi connectivity index (χ3n) is 0.973. The van der Waals surface area contributed by atoms with Crippen LogP contribution in [-0.2, 0) is 0 Å². The van der Waals surface area contributed by atoms with Crippen LogP contribution in [0.15, 0.2) is 24.3 Å². The summed E-state index contributed by atoms with van der Waals surface area (Å²) in [6.45, 7) is 0. The molecule has 0 aliphatic carbocycles. The zero-order chi connectivity index (χ0) is 6.69. The molecular weight excluding hydrogens is 123 g/mol. The largest absolute Gasteiger partial charge is 0.207 e. The first kappa shape index (κ1) is 5.77. The van der Waals surface area contributed by atoms with Gasteiger partial charge in [0, 0.05) is 0 Å². The normalized spacial score (nSPS) is 8.44. The Balaban J connectivity index is 3.06. The van der Waals surface area contributed by atoms with E-state index in [2.05, 4.69) is 0 Å². The summed E-state index contributed by atoms with van der Waals surface area (Å²) in [5, 5.41) is 8.26. The van der Waals surface area contributed by atoms with Gasteiger partial charge in [-0.25, -0.2) is 4.39 Å². The Labute approximate surface area is 52.4 Å². The van der Waals surface area contributed by atoms with Crippen molar-refractivity contribution in [2.75, 3.05) is 0 Å². The molecule has 0 N–H and O–H groups in total. The van der Waals surface area contributed by atoms with Crippen LogP contribution in [-0.4, -0.2) is 0 Å². The molecule has 0 aromatic heterocycles. The van der Waals surface area contributed by atoms with Crippen LogP contribution in [0.5, 0.6) is 0 Å².